The lowest BCUT2D eigenvalue weighted by atomic mass is 10.1. The summed E-state index contributed by atoms with van der Waals surface area (Å²) in [6, 6.07) is 4.30. The molecule has 0 fully saturated rings. The first kappa shape index (κ1) is 16.0. The minimum Gasteiger partial charge on any atom is -0.268 e. The molecule has 2 aromatic heterocycles. The van der Waals surface area contributed by atoms with Gasteiger partial charge in [0.15, 0.2) is 0 Å². The summed E-state index contributed by atoms with van der Waals surface area (Å²) in [4.78, 5) is 36.3. The highest BCUT2D eigenvalue weighted by molar-refractivity contribution is 7.13. The summed E-state index contributed by atoms with van der Waals surface area (Å²) in [5.74, 6) is 0. The first-order chi connectivity index (χ1) is 12.0. The van der Waals surface area contributed by atoms with Crippen LogP contribution in [0, 0.1) is 10.1 Å². The fourth-order valence-corrected chi connectivity index (χ4v) is 4.93. The van der Waals surface area contributed by atoms with E-state index in [0.717, 1.165) is 23.3 Å². The Morgan fingerprint density at radius 3 is 2.60 bits per heavy atom. The van der Waals surface area contributed by atoms with E-state index in [9.17, 15) is 19.7 Å². The third-order valence-electron chi connectivity index (χ3n) is 4.15. The maximum atomic E-state index is 12.5. The van der Waals surface area contributed by atoms with Gasteiger partial charge >= 0.3 is 0 Å². The predicted octanol–water partition coefficient (Wildman–Crippen LogP) is 2.85. The SMILES string of the molecule is O=c1c2c(sn1CCn1sc3ccc([N+](=O)[O-])cc3c1=O)CCC=C2. The summed E-state index contributed by atoms with van der Waals surface area (Å²) in [6.45, 7) is 0.786. The minimum atomic E-state index is -0.510. The molecule has 1 aliphatic carbocycles. The summed E-state index contributed by atoms with van der Waals surface area (Å²) in [7, 11) is 0. The molecule has 0 saturated carbocycles. The van der Waals surface area contributed by atoms with Crippen LogP contribution in [0.15, 0.2) is 33.9 Å². The van der Waals surface area contributed by atoms with Gasteiger partial charge in [0.1, 0.15) is 0 Å². The van der Waals surface area contributed by atoms with Gasteiger partial charge in [0.25, 0.3) is 16.8 Å². The molecule has 0 unspecified atom stereocenters. The number of allylic oxidation sites excluding steroid dienone is 1. The van der Waals surface area contributed by atoms with Crippen molar-refractivity contribution < 1.29 is 4.92 Å². The number of hydrogen-bond donors (Lipinski definition) is 0. The second-order valence-corrected chi connectivity index (χ2v) is 7.89. The van der Waals surface area contributed by atoms with E-state index in [1.54, 1.807) is 14.0 Å². The number of hydrogen-bond acceptors (Lipinski definition) is 6. The zero-order valence-electron chi connectivity index (χ0n) is 13.0. The van der Waals surface area contributed by atoms with Crippen LogP contribution < -0.4 is 11.1 Å². The van der Waals surface area contributed by atoms with Crippen LogP contribution >= 0.6 is 23.1 Å². The molecule has 25 heavy (non-hydrogen) atoms. The maximum Gasteiger partial charge on any atom is 0.270 e. The van der Waals surface area contributed by atoms with Crippen molar-refractivity contribution in [3.05, 3.63) is 65.5 Å². The Hall–Kier alpha value is -2.52. The van der Waals surface area contributed by atoms with Gasteiger partial charge in [0, 0.05) is 17.0 Å². The fourth-order valence-electron chi connectivity index (χ4n) is 2.89. The lowest BCUT2D eigenvalue weighted by Gasteiger charge is -2.00. The molecule has 2 heterocycles. The van der Waals surface area contributed by atoms with E-state index in [0.29, 0.717) is 23.2 Å². The van der Waals surface area contributed by atoms with Crippen LogP contribution in [-0.4, -0.2) is 12.8 Å². The molecule has 4 rings (SSSR count). The first-order valence-electron chi connectivity index (χ1n) is 7.72. The summed E-state index contributed by atoms with van der Waals surface area (Å²) >= 11 is 2.71. The van der Waals surface area contributed by atoms with Crippen LogP contribution in [0.25, 0.3) is 16.2 Å². The Bertz CT molecular complexity index is 1130. The van der Waals surface area contributed by atoms with Gasteiger partial charge in [0.2, 0.25) is 0 Å². The van der Waals surface area contributed by atoms with Gasteiger partial charge in [-0.2, -0.15) is 0 Å². The zero-order chi connectivity index (χ0) is 17.6. The van der Waals surface area contributed by atoms with Crippen LogP contribution in [0.4, 0.5) is 5.69 Å². The molecule has 0 atom stereocenters. The lowest BCUT2D eigenvalue weighted by molar-refractivity contribution is -0.384. The van der Waals surface area contributed by atoms with Crippen LogP contribution in [0.2, 0.25) is 0 Å². The number of fused-ring (bicyclic) bond motifs is 2. The molecule has 9 heteroatoms. The normalized spacial score (nSPS) is 13.3. The van der Waals surface area contributed by atoms with Crippen molar-refractivity contribution in [1.82, 2.24) is 7.91 Å². The Labute approximate surface area is 149 Å². The largest absolute Gasteiger partial charge is 0.270 e. The third-order valence-corrected chi connectivity index (χ3v) is 6.48. The van der Waals surface area contributed by atoms with Crippen molar-refractivity contribution in [2.75, 3.05) is 0 Å². The number of nitro benzene ring substituents is 1. The van der Waals surface area contributed by atoms with E-state index in [-0.39, 0.29) is 16.8 Å². The van der Waals surface area contributed by atoms with Gasteiger partial charge in [-0.25, -0.2) is 0 Å². The molecule has 1 aliphatic rings. The fraction of sp³-hybridized carbons (Fsp3) is 0.250. The second-order valence-electron chi connectivity index (χ2n) is 5.71. The van der Waals surface area contributed by atoms with E-state index < -0.39 is 4.92 Å². The highest BCUT2D eigenvalue weighted by Crippen LogP contribution is 2.23. The van der Waals surface area contributed by atoms with Crippen LogP contribution in [0.3, 0.4) is 0 Å². The van der Waals surface area contributed by atoms with Crippen LogP contribution in [-0.2, 0) is 19.5 Å². The Morgan fingerprint density at radius 2 is 1.88 bits per heavy atom. The van der Waals surface area contributed by atoms with Crippen molar-refractivity contribution in [2.45, 2.75) is 25.9 Å². The molecule has 0 amide bonds. The summed E-state index contributed by atoms with van der Waals surface area (Å²) in [5, 5.41) is 11.2. The van der Waals surface area contributed by atoms with Crippen molar-refractivity contribution in [1.29, 1.82) is 0 Å². The van der Waals surface area contributed by atoms with Gasteiger partial charge in [-0.3, -0.25) is 27.6 Å². The summed E-state index contributed by atoms with van der Waals surface area (Å²) < 4.78 is 3.94. The molecule has 0 bridgehead atoms. The number of aromatic nitrogens is 2. The monoisotopic (exact) mass is 375 g/mol. The van der Waals surface area contributed by atoms with E-state index >= 15 is 0 Å². The quantitative estimate of drug-likeness (QED) is 0.518. The van der Waals surface area contributed by atoms with Gasteiger partial charge in [-0.1, -0.05) is 35.2 Å². The molecule has 0 aliphatic heterocycles. The Balaban J connectivity index is 1.64. The zero-order valence-corrected chi connectivity index (χ0v) is 14.6. The number of rotatable bonds is 4. The number of nitrogens with zero attached hydrogens (tertiary/aromatic N) is 3. The average Bonchev–Trinajstić information content (AvgIpc) is 3.10. The lowest BCUT2D eigenvalue weighted by Crippen LogP contribution is -2.21. The molecule has 0 spiro atoms. The Kier molecular flexibility index (Phi) is 3.89. The minimum absolute atomic E-state index is 0.0132. The van der Waals surface area contributed by atoms with E-state index in [2.05, 4.69) is 0 Å². The summed E-state index contributed by atoms with van der Waals surface area (Å²) in [5.41, 5.74) is 0.401. The van der Waals surface area contributed by atoms with Crippen molar-refractivity contribution >= 4 is 44.9 Å². The molecule has 0 radical (unpaired) electrons. The second kappa shape index (κ2) is 6.08. The molecule has 3 aromatic rings. The predicted molar refractivity (Wildman–Crippen MR) is 98.7 cm³/mol. The molecular weight excluding hydrogens is 362 g/mol. The van der Waals surface area contributed by atoms with E-state index in [1.807, 2.05) is 12.2 Å². The van der Waals surface area contributed by atoms with E-state index in [1.165, 1.54) is 35.2 Å². The van der Waals surface area contributed by atoms with Crippen molar-refractivity contribution in [3.8, 4) is 0 Å². The average molecular weight is 375 g/mol. The van der Waals surface area contributed by atoms with Gasteiger partial charge in [-0.15, -0.1) is 0 Å². The highest BCUT2D eigenvalue weighted by atomic mass is 32.1. The van der Waals surface area contributed by atoms with Crippen LogP contribution in [0.5, 0.6) is 0 Å². The number of benzene rings is 1. The van der Waals surface area contributed by atoms with E-state index in [4.69, 9.17) is 0 Å². The third kappa shape index (κ3) is 2.75. The molecule has 1 aromatic carbocycles. The van der Waals surface area contributed by atoms with Crippen LogP contribution in [0.1, 0.15) is 16.9 Å². The topological polar surface area (TPSA) is 87.1 Å². The highest BCUT2D eigenvalue weighted by Gasteiger charge is 2.16. The molecular formula is C16H13N3O4S2. The number of nitro groups is 1. The first-order valence-corrected chi connectivity index (χ1v) is 9.27. The number of non-ortho nitro benzene ring substituents is 1. The summed E-state index contributed by atoms with van der Waals surface area (Å²) in [6.07, 6.45) is 5.70. The molecule has 128 valence electrons. The van der Waals surface area contributed by atoms with Gasteiger partial charge in [-0.05, 0) is 18.9 Å². The van der Waals surface area contributed by atoms with Crippen molar-refractivity contribution in [2.24, 2.45) is 0 Å². The number of aryl methyl sites for hydroxylation is 3. The van der Waals surface area contributed by atoms with Crippen molar-refractivity contribution in [3.63, 3.8) is 0 Å². The van der Waals surface area contributed by atoms with Gasteiger partial charge in [0.05, 0.1) is 33.7 Å². The maximum absolute atomic E-state index is 12.5. The smallest absolute Gasteiger partial charge is 0.268 e. The Morgan fingerprint density at radius 1 is 1.12 bits per heavy atom. The van der Waals surface area contributed by atoms with Gasteiger partial charge < -0.3 is 0 Å². The molecule has 0 saturated heterocycles. The molecule has 7 nitrogen and oxygen atoms in total. The standard InChI is InChI=1S/C16H13N3O4S2/c20-15-11-3-1-2-4-13(11)24-17(15)7-8-18-16(21)12-9-10(19(22)23)5-6-14(12)25-18/h1,3,5-6,9H,2,4,7-8H2. The molecule has 0 N–H and O–H groups in total.